The molecule has 0 spiro atoms. The summed E-state index contributed by atoms with van der Waals surface area (Å²) >= 11 is 0. The van der Waals surface area contributed by atoms with Crippen LogP contribution in [0.2, 0.25) is 0 Å². The van der Waals surface area contributed by atoms with Crippen molar-refractivity contribution < 1.29 is 36.0 Å². The molecular formula is C37H29F3NO5P. The normalized spacial score (nSPS) is 11.8. The highest BCUT2D eigenvalue weighted by atomic mass is 31.2. The Labute approximate surface area is 270 Å². The van der Waals surface area contributed by atoms with Crippen molar-refractivity contribution in [1.29, 1.82) is 0 Å². The van der Waals surface area contributed by atoms with Crippen LogP contribution in [0.5, 0.6) is 11.5 Å². The van der Waals surface area contributed by atoms with Gasteiger partial charge in [0.2, 0.25) is 0 Å². The molecule has 0 fully saturated rings. The van der Waals surface area contributed by atoms with Gasteiger partial charge < -0.3 is 9.26 Å². The minimum absolute atomic E-state index is 0.00655. The second kappa shape index (κ2) is 13.8. The Kier molecular flexibility index (Phi) is 9.41. The number of fused-ring (bicyclic) bond motifs is 1. The van der Waals surface area contributed by atoms with Crippen LogP contribution in [0.15, 0.2) is 133 Å². The number of aromatic nitrogens is 1. The zero-order chi connectivity index (χ0) is 32.9. The number of hydrogen-bond donors (Lipinski definition) is 0. The molecule has 0 amide bonds. The summed E-state index contributed by atoms with van der Waals surface area (Å²) in [7, 11) is -4.19. The summed E-state index contributed by atoms with van der Waals surface area (Å²) in [6, 6.07) is 39.1. The molecule has 10 heteroatoms. The monoisotopic (exact) mass is 655 g/mol. The molecule has 1 aromatic heterocycles. The first-order valence-corrected chi connectivity index (χ1v) is 16.1. The molecule has 0 N–H and O–H groups in total. The molecule has 0 bridgehead atoms. The maximum atomic E-state index is 14.3. The van der Waals surface area contributed by atoms with E-state index in [9.17, 15) is 17.7 Å². The molecule has 0 aliphatic rings. The first-order valence-electron chi connectivity index (χ1n) is 14.7. The lowest BCUT2D eigenvalue weighted by atomic mass is 9.99. The minimum Gasteiger partial charge on any atom is -0.406 e. The van der Waals surface area contributed by atoms with E-state index in [-0.39, 0.29) is 19.0 Å². The molecule has 6 aromatic rings. The molecule has 0 saturated heterocycles. The van der Waals surface area contributed by atoms with Crippen molar-refractivity contribution >= 4 is 18.7 Å². The standard InChI is InChI=1S/C37H29F3NO5P/c1-26-35(31-18-16-29(17-19-31)30-20-22-32(23-21-30)45-37(38,39)40)41-34-15-9-8-14-33(34)36(26)46-47(42,43-24-27-10-4-2-5-11-27)44-25-28-12-6-3-7-13-28/h2-23H,24-25H2,1H3. The van der Waals surface area contributed by atoms with Gasteiger partial charge >= 0.3 is 14.2 Å². The van der Waals surface area contributed by atoms with Crippen LogP contribution in [0.4, 0.5) is 13.2 Å². The van der Waals surface area contributed by atoms with Crippen molar-refractivity contribution in [1.82, 2.24) is 4.98 Å². The molecule has 0 atom stereocenters. The first-order chi connectivity index (χ1) is 22.7. The summed E-state index contributed by atoms with van der Waals surface area (Å²) in [5.74, 6) is 0.0264. The van der Waals surface area contributed by atoms with Crippen LogP contribution in [0.3, 0.4) is 0 Å². The molecule has 0 radical (unpaired) electrons. The van der Waals surface area contributed by atoms with Gasteiger partial charge in [0.1, 0.15) is 11.5 Å². The van der Waals surface area contributed by atoms with Crippen molar-refractivity contribution in [3.8, 4) is 33.9 Å². The van der Waals surface area contributed by atoms with E-state index in [2.05, 4.69) is 4.74 Å². The van der Waals surface area contributed by atoms with E-state index in [4.69, 9.17) is 18.6 Å². The third kappa shape index (κ3) is 8.07. The highest BCUT2D eigenvalue weighted by molar-refractivity contribution is 7.48. The Morgan fingerprint density at radius 3 is 1.68 bits per heavy atom. The van der Waals surface area contributed by atoms with Gasteiger partial charge in [0.15, 0.2) is 0 Å². The van der Waals surface area contributed by atoms with Gasteiger partial charge in [0, 0.05) is 16.5 Å². The van der Waals surface area contributed by atoms with Crippen LogP contribution < -0.4 is 9.26 Å². The van der Waals surface area contributed by atoms with E-state index in [1.165, 1.54) is 12.1 Å². The SMILES string of the molecule is Cc1c(-c2ccc(-c3ccc(OC(F)(F)F)cc3)cc2)nc2ccccc2c1OP(=O)(OCc1ccccc1)OCc1ccccc1. The van der Waals surface area contributed by atoms with Gasteiger partial charge in [0.25, 0.3) is 0 Å². The van der Waals surface area contributed by atoms with Crippen molar-refractivity contribution in [2.24, 2.45) is 0 Å². The zero-order valence-electron chi connectivity index (χ0n) is 25.2. The van der Waals surface area contributed by atoms with Gasteiger partial charge in [-0.3, -0.25) is 9.05 Å². The number of alkyl halides is 3. The lowest BCUT2D eigenvalue weighted by Gasteiger charge is -2.22. The van der Waals surface area contributed by atoms with Crippen molar-refractivity contribution in [2.45, 2.75) is 26.5 Å². The summed E-state index contributed by atoms with van der Waals surface area (Å²) in [6.45, 7) is 1.84. The van der Waals surface area contributed by atoms with Gasteiger partial charge in [-0.15, -0.1) is 13.2 Å². The number of para-hydroxylation sites is 1. The number of benzene rings is 5. The highest BCUT2D eigenvalue weighted by Crippen LogP contribution is 2.53. The number of halogens is 3. The molecule has 1 heterocycles. The summed E-state index contributed by atoms with van der Waals surface area (Å²) in [4.78, 5) is 4.90. The van der Waals surface area contributed by atoms with E-state index in [0.29, 0.717) is 33.5 Å². The third-order valence-electron chi connectivity index (χ3n) is 7.32. The molecule has 0 aliphatic heterocycles. The minimum atomic E-state index is -4.76. The van der Waals surface area contributed by atoms with Crippen LogP contribution >= 0.6 is 7.82 Å². The van der Waals surface area contributed by atoms with E-state index in [1.54, 1.807) is 12.1 Å². The van der Waals surface area contributed by atoms with Crippen LogP contribution in [0.1, 0.15) is 16.7 Å². The van der Waals surface area contributed by atoms with E-state index in [1.807, 2.05) is 116 Å². The fourth-order valence-corrected chi connectivity index (χ4v) is 6.26. The largest absolute Gasteiger partial charge is 0.573 e. The summed E-state index contributed by atoms with van der Waals surface area (Å²) < 4.78 is 74.1. The Morgan fingerprint density at radius 2 is 1.13 bits per heavy atom. The van der Waals surface area contributed by atoms with Crippen molar-refractivity contribution in [3.05, 3.63) is 150 Å². The lowest BCUT2D eigenvalue weighted by molar-refractivity contribution is -0.274. The molecule has 47 heavy (non-hydrogen) atoms. The maximum absolute atomic E-state index is 14.3. The number of hydrogen-bond acceptors (Lipinski definition) is 6. The smallest absolute Gasteiger partial charge is 0.406 e. The highest BCUT2D eigenvalue weighted by Gasteiger charge is 2.32. The molecule has 5 aromatic carbocycles. The number of pyridine rings is 1. The van der Waals surface area contributed by atoms with Gasteiger partial charge in [-0.25, -0.2) is 9.55 Å². The lowest BCUT2D eigenvalue weighted by Crippen LogP contribution is -2.16. The second-order valence-electron chi connectivity index (χ2n) is 10.6. The van der Waals surface area contributed by atoms with E-state index >= 15 is 0 Å². The zero-order valence-corrected chi connectivity index (χ0v) is 26.1. The number of phosphoric ester groups is 1. The molecule has 6 rings (SSSR count). The van der Waals surface area contributed by atoms with Crippen molar-refractivity contribution in [2.75, 3.05) is 0 Å². The molecule has 0 aliphatic carbocycles. The fourth-order valence-electron chi connectivity index (χ4n) is 5.00. The van der Waals surface area contributed by atoms with Crippen LogP contribution in [-0.2, 0) is 26.8 Å². The Morgan fingerprint density at radius 1 is 0.638 bits per heavy atom. The average Bonchev–Trinajstić information content (AvgIpc) is 3.08. The summed E-state index contributed by atoms with van der Waals surface area (Å²) in [5, 5.41) is 0.637. The van der Waals surface area contributed by atoms with Crippen LogP contribution in [0, 0.1) is 6.92 Å². The fraction of sp³-hybridized carbons (Fsp3) is 0.108. The summed E-state index contributed by atoms with van der Waals surface area (Å²) in [5.41, 5.74) is 5.70. The number of nitrogens with zero attached hydrogens (tertiary/aromatic N) is 1. The van der Waals surface area contributed by atoms with E-state index in [0.717, 1.165) is 22.3 Å². The van der Waals surface area contributed by atoms with E-state index < -0.39 is 14.2 Å². The number of ether oxygens (including phenoxy) is 1. The molecule has 238 valence electrons. The van der Waals surface area contributed by atoms with Crippen molar-refractivity contribution in [3.63, 3.8) is 0 Å². The second-order valence-corrected chi connectivity index (χ2v) is 12.2. The van der Waals surface area contributed by atoms with Crippen LogP contribution in [0.25, 0.3) is 33.3 Å². The van der Waals surface area contributed by atoms with Crippen LogP contribution in [-0.4, -0.2) is 11.3 Å². The average molecular weight is 656 g/mol. The molecular weight excluding hydrogens is 626 g/mol. The predicted molar refractivity (Wildman–Crippen MR) is 175 cm³/mol. The van der Waals surface area contributed by atoms with Gasteiger partial charge in [-0.2, -0.15) is 0 Å². The summed E-state index contributed by atoms with van der Waals surface area (Å²) in [6.07, 6.45) is -4.76. The number of rotatable bonds is 11. The van der Waals surface area contributed by atoms with Gasteiger partial charge in [-0.05, 0) is 53.4 Å². The van der Waals surface area contributed by atoms with Gasteiger partial charge in [-0.1, -0.05) is 109 Å². The molecule has 0 unspecified atom stereocenters. The first kappa shape index (κ1) is 32.0. The van der Waals surface area contributed by atoms with Gasteiger partial charge in [0.05, 0.1) is 24.4 Å². The Balaban J connectivity index is 1.32. The third-order valence-corrected chi connectivity index (χ3v) is 8.62. The molecule has 0 saturated carbocycles. The maximum Gasteiger partial charge on any atom is 0.573 e. The Bertz CT molecular complexity index is 1960. The quantitative estimate of drug-likeness (QED) is 0.129. The predicted octanol–water partition coefficient (Wildman–Crippen LogP) is 10.7. The molecule has 6 nitrogen and oxygen atoms in total. The number of phosphoric acid groups is 1. The Hall–Kier alpha value is -4.95. The topological polar surface area (TPSA) is 66.9 Å².